The van der Waals surface area contributed by atoms with Crippen LogP contribution in [0.15, 0.2) is 42.5 Å². The molecule has 1 unspecified atom stereocenters. The van der Waals surface area contributed by atoms with E-state index >= 15 is 0 Å². The standard InChI is InChI=1S/C16H15BrFI/c1-2-3-11-4-6-12(7-5-11)16(17)14-9-8-13(18)10-15(14)19/h4-10,16H,2-3H2,1H3. The van der Waals surface area contributed by atoms with Crippen LogP contribution in [-0.4, -0.2) is 0 Å². The van der Waals surface area contributed by atoms with E-state index in [4.69, 9.17) is 0 Å². The summed E-state index contributed by atoms with van der Waals surface area (Å²) in [6.07, 6.45) is 2.27. The van der Waals surface area contributed by atoms with Crippen molar-refractivity contribution < 1.29 is 4.39 Å². The molecule has 0 aliphatic rings. The molecule has 0 radical (unpaired) electrons. The first-order chi connectivity index (χ1) is 9.11. The van der Waals surface area contributed by atoms with Crippen molar-refractivity contribution in [2.75, 3.05) is 0 Å². The van der Waals surface area contributed by atoms with Crippen LogP contribution < -0.4 is 0 Å². The molecule has 19 heavy (non-hydrogen) atoms. The molecule has 2 rings (SSSR count). The molecule has 2 aromatic rings. The first kappa shape index (κ1) is 15.0. The lowest BCUT2D eigenvalue weighted by Gasteiger charge is -2.13. The molecule has 0 N–H and O–H groups in total. The lowest BCUT2D eigenvalue weighted by molar-refractivity contribution is 0.626. The normalized spacial score (nSPS) is 12.4. The number of hydrogen-bond donors (Lipinski definition) is 0. The van der Waals surface area contributed by atoms with Gasteiger partial charge in [-0.05, 0) is 57.8 Å². The summed E-state index contributed by atoms with van der Waals surface area (Å²) < 4.78 is 14.1. The largest absolute Gasteiger partial charge is 0.207 e. The van der Waals surface area contributed by atoms with Gasteiger partial charge in [-0.15, -0.1) is 0 Å². The lowest BCUT2D eigenvalue weighted by atomic mass is 10.0. The Bertz CT molecular complexity index is 551. The molecule has 0 aromatic heterocycles. The van der Waals surface area contributed by atoms with Gasteiger partial charge in [0.05, 0.1) is 4.83 Å². The minimum atomic E-state index is -0.189. The second kappa shape index (κ2) is 6.84. The van der Waals surface area contributed by atoms with Crippen LogP contribution in [0.5, 0.6) is 0 Å². The summed E-state index contributed by atoms with van der Waals surface area (Å²) >= 11 is 5.88. The Balaban J connectivity index is 2.25. The molecule has 2 aromatic carbocycles. The fourth-order valence-electron chi connectivity index (χ4n) is 2.03. The van der Waals surface area contributed by atoms with Gasteiger partial charge >= 0.3 is 0 Å². The van der Waals surface area contributed by atoms with E-state index in [0.29, 0.717) is 0 Å². The van der Waals surface area contributed by atoms with Gasteiger partial charge in [0.25, 0.3) is 0 Å². The van der Waals surface area contributed by atoms with Crippen LogP contribution in [0.1, 0.15) is 34.9 Å². The quantitative estimate of drug-likeness (QED) is 0.418. The van der Waals surface area contributed by atoms with Crippen LogP contribution in [0.25, 0.3) is 0 Å². The summed E-state index contributed by atoms with van der Waals surface area (Å²) in [6.45, 7) is 2.18. The van der Waals surface area contributed by atoms with Gasteiger partial charge in [0.2, 0.25) is 0 Å². The maximum Gasteiger partial charge on any atom is 0.124 e. The zero-order chi connectivity index (χ0) is 13.8. The number of alkyl halides is 1. The Kier molecular flexibility index (Phi) is 5.39. The van der Waals surface area contributed by atoms with E-state index in [9.17, 15) is 4.39 Å². The van der Waals surface area contributed by atoms with Gasteiger partial charge in [0.1, 0.15) is 5.82 Å². The fourth-order valence-corrected chi connectivity index (χ4v) is 3.95. The third-order valence-corrected chi connectivity index (χ3v) is 5.00. The molecule has 0 amide bonds. The molecule has 0 saturated heterocycles. The maximum atomic E-state index is 13.1. The van der Waals surface area contributed by atoms with Gasteiger partial charge in [0.15, 0.2) is 0 Å². The van der Waals surface area contributed by atoms with E-state index in [2.05, 4.69) is 69.7 Å². The average molecular weight is 433 g/mol. The minimum absolute atomic E-state index is 0.107. The maximum absolute atomic E-state index is 13.1. The lowest BCUT2D eigenvalue weighted by Crippen LogP contribution is -1.97. The van der Waals surface area contributed by atoms with E-state index in [1.807, 2.05) is 6.07 Å². The van der Waals surface area contributed by atoms with Crippen LogP contribution in [0, 0.1) is 9.39 Å². The minimum Gasteiger partial charge on any atom is -0.207 e. The van der Waals surface area contributed by atoms with Crippen molar-refractivity contribution in [3.63, 3.8) is 0 Å². The topological polar surface area (TPSA) is 0 Å². The van der Waals surface area contributed by atoms with Crippen molar-refractivity contribution in [3.05, 3.63) is 68.5 Å². The van der Waals surface area contributed by atoms with Crippen molar-refractivity contribution in [3.8, 4) is 0 Å². The van der Waals surface area contributed by atoms with Crippen LogP contribution in [0.4, 0.5) is 4.39 Å². The van der Waals surface area contributed by atoms with Gasteiger partial charge in [0, 0.05) is 3.57 Å². The zero-order valence-electron chi connectivity index (χ0n) is 10.7. The first-order valence-corrected chi connectivity index (χ1v) is 8.29. The molecular weight excluding hydrogens is 418 g/mol. The van der Waals surface area contributed by atoms with Gasteiger partial charge in [-0.1, -0.05) is 59.6 Å². The smallest absolute Gasteiger partial charge is 0.124 e. The number of aryl methyl sites for hydroxylation is 1. The molecule has 0 heterocycles. The average Bonchev–Trinajstić information content (AvgIpc) is 2.39. The van der Waals surface area contributed by atoms with Crippen molar-refractivity contribution in [2.24, 2.45) is 0 Å². The summed E-state index contributed by atoms with van der Waals surface area (Å²) in [5, 5.41) is 0. The number of hydrogen-bond acceptors (Lipinski definition) is 0. The molecular formula is C16H15BrFI. The molecule has 0 fully saturated rings. The van der Waals surface area contributed by atoms with Crippen molar-refractivity contribution >= 4 is 38.5 Å². The molecule has 0 aliphatic carbocycles. The Morgan fingerprint density at radius 2 is 1.84 bits per heavy atom. The fraction of sp³-hybridized carbons (Fsp3) is 0.250. The molecule has 0 bridgehead atoms. The van der Waals surface area contributed by atoms with Crippen LogP contribution >= 0.6 is 38.5 Å². The van der Waals surface area contributed by atoms with E-state index < -0.39 is 0 Å². The number of rotatable bonds is 4. The highest BCUT2D eigenvalue weighted by Crippen LogP contribution is 2.34. The predicted octanol–water partition coefficient (Wildman–Crippen LogP) is 5.87. The molecule has 0 nitrogen and oxygen atoms in total. The highest BCUT2D eigenvalue weighted by atomic mass is 127. The van der Waals surface area contributed by atoms with Crippen molar-refractivity contribution in [2.45, 2.75) is 24.6 Å². The highest BCUT2D eigenvalue weighted by Gasteiger charge is 2.13. The Labute approximate surface area is 135 Å². The predicted molar refractivity (Wildman–Crippen MR) is 90.3 cm³/mol. The second-order valence-electron chi connectivity index (χ2n) is 4.52. The number of halogens is 3. The van der Waals surface area contributed by atoms with Gasteiger partial charge in [-0.25, -0.2) is 4.39 Å². The van der Waals surface area contributed by atoms with E-state index in [-0.39, 0.29) is 10.6 Å². The molecule has 100 valence electrons. The van der Waals surface area contributed by atoms with Crippen LogP contribution in [-0.2, 0) is 6.42 Å². The monoisotopic (exact) mass is 432 g/mol. The summed E-state index contributed by atoms with van der Waals surface area (Å²) in [5.41, 5.74) is 3.66. The number of benzene rings is 2. The van der Waals surface area contributed by atoms with Crippen LogP contribution in [0.2, 0.25) is 0 Å². The summed E-state index contributed by atoms with van der Waals surface area (Å²) in [5.74, 6) is -0.189. The summed E-state index contributed by atoms with van der Waals surface area (Å²) in [6, 6.07) is 13.5. The molecule has 0 aliphatic heterocycles. The van der Waals surface area contributed by atoms with Crippen LogP contribution in [0.3, 0.4) is 0 Å². The third-order valence-electron chi connectivity index (χ3n) is 3.05. The molecule has 0 saturated carbocycles. The zero-order valence-corrected chi connectivity index (χ0v) is 14.4. The SMILES string of the molecule is CCCc1ccc(C(Br)c2ccc(F)cc2I)cc1. The first-order valence-electron chi connectivity index (χ1n) is 6.29. The summed E-state index contributed by atoms with van der Waals surface area (Å²) in [7, 11) is 0. The van der Waals surface area contributed by atoms with Crippen molar-refractivity contribution in [1.82, 2.24) is 0 Å². The van der Waals surface area contributed by atoms with E-state index in [0.717, 1.165) is 22.0 Å². The molecule has 0 spiro atoms. The Morgan fingerprint density at radius 1 is 1.16 bits per heavy atom. The van der Waals surface area contributed by atoms with Crippen molar-refractivity contribution in [1.29, 1.82) is 0 Å². The molecule has 3 heteroatoms. The second-order valence-corrected chi connectivity index (χ2v) is 6.60. The Hall–Kier alpha value is -0.420. The van der Waals surface area contributed by atoms with Gasteiger partial charge in [-0.2, -0.15) is 0 Å². The Morgan fingerprint density at radius 3 is 2.42 bits per heavy atom. The third kappa shape index (κ3) is 3.78. The summed E-state index contributed by atoms with van der Waals surface area (Å²) in [4.78, 5) is 0.107. The van der Waals surface area contributed by atoms with E-state index in [1.54, 1.807) is 6.07 Å². The van der Waals surface area contributed by atoms with Gasteiger partial charge in [-0.3, -0.25) is 0 Å². The van der Waals surface area contributed by atoms with Gasteiger partial charge < -0.3 is 0 Å². The van der Waals surface area contributed by atoms with E-state index in [1.165, 1.54) is 17.2 Å². The highest BCUT2D eigenvalue weighted by molar-refractivity contribution is 14.1. The molecule has 1 atom stereocenters.